The van der Waals surface area contributed by atoms with Gasteiger partial charge in [0.2, 0.25) is 0 Å². The van der Waals surface area contributed by atoms with E-state index >= 15 is 0 Å². The van der Waals surface area contributed by atoms with Crippen LogP contribution in [-0.2, 0) is 0 Å². The van der Waals surface area contributed by atoms with E-state index < -0.39 is 0 Å². The lowest BCUT2D eigenvalue weighted by molar-refractivity contribution is 0.224. The van der Waals surface area contributed by atoms with Crippen molar-refractivity contribution in [3.05, 3.63) is 0 Å². The Balaban J connectivity index is 1.45. The molecule has 0 bridgehead atoms. The maximum absolute atomic E-state index is 5.92. The molecule has 3 fully saturated rings. The predicted octanol–water partition coefficient (Wildman–Crippen LogP) is 2.98. The average molecular weight is 228 g/mol. The maximum Gasteiger partial charge on any atom is 0.0264 e. The molecule has 15 heavy (non-hydrogen) atoms. The van der Waals surface area contributed by atoms with Crippen molar-refractivity contribution >= 4 is 11.6 Å². The summed E-state index contributed by atoms with van der Waals surface area (Å²) in [4.78, 5) is 2.67. The molecule has 1 aliphatic heterocycles. The molecule has 4 unspecified atom stereocenters. The average Bonchev–Trinajstić information content (AvgIpc) is 2.88. The number of hydrogen-bond donors (Lipinski definition) is 0. The fourth-order valence-corrected chi connectivity index (χ4v) is 3.94. The summed E-state index contributed by atoms with van der Waals surface area (Å²) in [6.45, 7) is 3.95. The van der Waals surface area contributed by atoms with E-state index in [1.54, 1.807) is 6.42 Å². The second kappa shape index (κ2) is 4.25. The lowest BCUT2D eigenvalue weighted by atomic mass is 9.89. The molecule has 3 aliphatic rings. The monoisotopic (exact) mass is 227 g/mol. The molecule has 86 valence electrons. The van der Waals surface area contributed by atoms with Crippen molar-refractivity contribution in [2.24, 2.45) is 23.7 Å². The van der Waals surface area contributed by atoms with Crippen molar-refractivity contribution in [1.29, 1.82) is 0 Å². The maximum atomic E-state index is 5.92. The van der Waals surface area contributed by atoms with Gasteiger partial charge in [-0.25, -0.2) is 0 Å². The van der Waals surface area contributed by atoms with Crippen LogP contribution in [0.1, 0.15) is 32.1 Å². The summed E-state index contributed by atoms with van der Waals surface area (Å²) in [5.74, 6) is 4.95. The number of likely N-dealkylation sites (tertiary alicyclic amines) is 1. The molecular weight excluding hydrogens is 206 g/mol. The Hall–Kier alpha value is 0.250. The van der Waals surface area contributed by atoms with Gasteiger partial charge in [-0.1, -0.05) is 0 Å². The van der Waals surface area contributed by atoms with Crippen LogP contribution < -0.4 is 0 Å². The van der Waals surface area contributed by atoms with Crippen LogP contribution in [0.25, 0.3) is 0 Å². The molecule has 4 atom stereocenters. The zero-order valence-electron chi connectivity index (χ0n) is 9.50. The summed E-state index contributed by atoms with van der Waals surface area (Å²) in [7, 11) is 0. The molecule has 2 heteroatoms. The van der Waals surface area contributed by atoms with Gasteiger partial charge in [0.15, 0.2) is 0 Å². The summed E-state index contributed by atoms with van der Waals surface area (Å²) >= 11 is 5.92. The lowest BCUT2D eigenvalue weighted by Crippen LogP contribution is -2.29. The minimum Gasteiger partial charge on any atom is -0.303 e. The van der Waals surface area contributed by atoms with E-state index in [0.717, 1.165) is 29.6 Å². The third-order valence-corrected chi connectivity index (χ3v) is 5.19. The minimum absolute atomic E-state index is 0.781. The van der Waals surface area contributed by atoms with Crippen LogP contribution in [-0.4, -0.2) is 30.4 Å². The summed E-state index contributed by atoms with van der Waals surface area (Å²) in [6.07, 6.45) is 7.46. The topological polar surface area (TPSA) is 3.24 Å². The Bertz CT molecular complexity index is 231. The van der Waals surface area contributed by atoms with E-state index in [2.05, 4.69) is 4.90 Å². The highest BCUT2D eigenvalue weighted by Gasteiger charge is 2.42. The van der Waals surface area contributed by atoms with Gasteiger partial charge in [0.05, 0.1) is 0 Å². The quantitative estimate of drug-likeness (QED) is 0.671. The molecule has 1 saturated heterocycles. The summed E-state index contributed by atoms with van der Waals surface area (Å²) in [5, 5.41) is 0. The summed E-state index contributed by atoms with van der Waals surface area (Å²) in [5.41, 5.74) is 0. The number of fused-ring (bicyclic) bond motifs is 1. The lowest BCUT2D eigenvalue weighted by Gasteiger charge is -2.26. The molecule has 0 radical (unpaired) electrons. The molecule has 0 N–H and O–H groups in total. The molecule has 0 aromatic rings. The zero-order chi connectivity index (χ0) is 10.3. The summed E-state index contributed by atoms with van der Waals surface area (Å²) < 4.78 is 0. The fraction of sp³-hybridized carbons (Fsp3) is 1.00. The first kappa shape index (κ1) is 10.4. The van der Waals surface area contributed by atoms with Crippen molar-refractivity contribution in [2.75, 3.05) is 25.5 Å². The Morgan fingerprint density at radius 1 is 1.00 bits per heavy atom. The van der Waals surface area contributed by atoms with Crippen LogP contribution in [0.15, 0.2) is 0 Å². The smallest absolute Gasteiger partial charge is 0.0264 e. The van der Waals surface area contributed by atoms with Crippen molar-refractivity contribution in [3.8, 4) is 0 Å². The largest absolute Gasteiger partial charge is 0.303 e. The number of hydrogen-bond acceptors (Lipinski definition) is 1. The molecule has 0 amide bonds. The van der Waals surface area contributed by atoms with E-state index in [0.29, 0.717) is 0 Å². The number of alkyl halides is 1. The Kier molecular flexibility index (Phi) is 2.95. The fourth-order valence-electron chi connectivity index (χ4n) is 3.68. The van der Waals surface area contributed by atoms with Gasteiger partial charge in [0.1, 0.15) is 0 Å². The van der Waals surface area contributed by atoms with Gasteiger partial charge in [-0.15, -0.1) is 11.6 Å². The van der Waals surface area contributed by atoms with Gasteiger partial charge in [-0.2, -0.15) is 0 Å². The molecule has 0 spiro atoms. The van der Waals surface area contributed by atoms with E-state index in [4.69, 9.17) is 11.6 Å². The highest BCUT2D eigenvalue weighted by molar-refractivity contribution is 6.18. The third kappa shape index (κ3) is 2.34. The van der Waals surface area contributed by atoms with Crippen LogP contribution in [0, 0.1) is 23.7 Å². The van der Waals surface area contributed by atoms with Crippen molar-refractivity contribution in [2.45, 2.75) is 32.1 Å². The van der Waals surface area contributed by atoms with Gasteiger partial charge in [0.25, 0.3) is 0 Å². The van der Waals surface area contributed by atoms with Crippen LogP contribution in [0.4, 0.5) is 0 Å². The second-order valence-electron chi connectivity index (χ2n) is 6.00. The highest BCUT2D eigenvalue weighted by atomic mass is 35.5. The van der Waals surface area contributed by atoms with Crippen molar-refractivity contribution in [1.82, 2.24) is 4.90 Å². The highest BCUT2D eigenvalue weighted by Crippen LogP contribution is 2.51. The van der Waals surface area contributed by atoms with Crippen LogP contribution >= 0.6 is 11.6 Å². The molecule has 0 aromatic heterocycles. The van der Waals surface area contributed by atoms with Crippen molar-refractivity contribution in [3.63, 3.8) is 0 Å². The van der Waals surface area contributed by atoms with Crippen LogP contribution in [0.3, 0.4) is 0 Å². The molecule has 1 nitrogen and oxygen atoms in total. The molecule has 2 aliphatic carbocycles. The predicted molar refractivity (Wildman–Crippen MR) is 64.2 cm³/mol. The number of rotatable bonds is 3. The first-order valence-corrected chi connectivity index (χ1v) is 7.17. The van der Waals surface area contributed by atoms with Gasteiger partial charge in [-0.05, 0) is 62.3 Å². The van der Waals surface area contributed by atoms with E-state index in [-0.39, 0.29) is 0 Å². The van der Waals surface area contributed by atoms with Crippen LogP contribution in [0.2, 0.25) is 0 Å². The first-order chi connectivity index (χ1) is 7.35. The third-order valence-electron chi connectivity index (χ3n) is 4.76. The molecule has 1 heterocycles. The molecule has 0 aromatic carbocycles. The Morgan fingerprint density at radius 3 is 2.67 bits per heavy atom. The van der Waals surface area contributed by atoms with Gasteiger partial charge in [-0.3, -0.25) is 0 Å². The second-order valence-corrected chi connectivity index (χ2v) is 6.31. The first-order valence-electron chi connectivity index (χ1n) is 6.63. The van der Waals surface area contributed by atoms with E-state index in [1.807, 2.05) is 0 Å². The standard InChI is InChI=1S/C13H22ClN/c14-7-11-3-4-15(9-11)8-10-1-2-12-6-13(12)5-10/h10-13H,1-9H2. The van der Waals surface area contributed by atoms with E-state index in [9.17, 15) is 0 Å². The number of nitrogens with zero attached hydrogens (tertiary/aromatic N) is 1. The zero-order valence-corrected chi connectivity index (χ0v) is 10.3. The van der Waals surface area contributed by atoms with Gasteiger partial charge < -0.3 is 4.90 Å². The van der Waals surface area contributed by atoms with E-state index in [1.165, 1.54) is 45.3 Å². The SMILES string of the molecule is ClCC1CCN(CC2CCC3CC3C2)C1. The minimum atomic E-state index is 0.781. The van der Waals surface area contributed by atoms with Gasteiger partial charge in [0, 0.05) is 19.0 Å². The summed E-state index contributed by atoms with van der Waals surface area (Å²) in [6, 6.07) is 0. The van der Waals surface area contributed by atoms with Crippen molar-refractivity contribution < 1.29 is 0 Å². The Morgan fingerprint density at radius 2 is 1.93 bits per heavy atom. The molecule has 3 rings (SSSR count). The van der Waals surface area contributed by atoms with Gasteiger partial charge >= 0.3 is 0 Å². The molecular formula is C13H22ClN. The Labute approximate surface area is 98.2 Å². The molecule has 2 saturated carbocycles. The van der Waals surface area contributed by atoms with Crippen LogP contribution in [0.5, 0.6) is 0 Å². The normalized spacial score (nSPS) is 45.4. The number of halogens is 1.